The molecule has 0 spiro atoms. The number of rotatable bonds is 3. The van der Waals surface area contributed by atoms with Gasteiger partial charge in [0.2, 0.25) is 0 Å². The maximum atomic E-state index is 12.8. The van der Waals surface area contributed by atoms with Gasteiger partial charge in [-0.15, -0.1) is 4.48 Å². The molecule has 4 rings (SSSR count). The lowest BCUT2D eigenvalue weighted by Crippen LogP contribution is -2.57. The second-order valence-electron chi connectivity index (χ2n) is 5.13. The van der Waals surface area contributed by atoms with Gasteiger partial charge in [-0.3, -0.25) is 0 Å². The third kappa shape index (κ3) is 1.81. The zero-order valence-corrected chi connectivity index (χ0v) is 11.4. The summed E-state index contributed by atoms with van der Waals surface area (Å²) in [6.45, 7) is 1.62. The minimum absolute atomic E-state index is 0.0445. The number of furan rings is 1. The van der Waals surface area contributed by atoms with Gasteiger partial charge in [-0.25, -0.2) is 4.98 Å². The van der Waals surface area contributed by atoms with Crippen LogP contribution in [0.5, 0.6) is 0 Å². The van der Waals surface area contributed by atoms with Gasteiger partial charge in [0.1, 0.15) is 11.1 Å². The Hall–Kier alpha value is -2.41. The largest absolute Gasteiger partial charge is 0.450 e. The van der Waals surface area contributed by atoms with Crippen molar-refractivity contribution in [1.29, 1.82) is 0 Å². The maximum absolute atomic E-state index is 12.8. The van der Waals surface area contributed by atoms with Crippen molar-refractivity contribution < 1.29 is 8.90 Å². The molecule has 0 aliphatic carbocycles. The van der Waals surface area contributed by atoms with Crippen LogP contribution in [0.3, 0.4) is 0 Å². The number of fused-ring (bicyclic) bond motifs is 3. The average Bonchev–Trinajstić information content (AvgIpc) is 2.85. The molecule has 0 radical (unpaired) electrons. The summed E-state index contributed by atoms with van der Waals surface area (Å²) in [6, 6.07) is 8.00. The van der Waals surface area contributed by atoms with E-state index in [0.717, 1.165) is 24.1 Å². The summed E-state index contributed by atoms with van der Waals surface area (Å²) in [7, 11) is 1.92. The molecule has 1 aromatic carbocycles. The molecular formula is C14H14FN5O. The summed E-state index contributed by atoms with van der Waals surface area (Å²) in [5, 5.41) is 4.06. The van der Waals surface area contributed by atoms with Gasteiger partial charge in [-0.2, -0.15) is 10.5 Å². The predicted octanol–water partition coefficient (Wildman–Crippen LogP) is 2.08. The summed E-state index contributed by atoms with van der Waals surface area (Å²) in [5.41, 5.74) is 3.49. The van der Waals surface area contributed by atoms with Crippen LogP contribution in [0.1, 0.15) is 0 Å². The molecule has 1 saturated heterocycles. The molecule has 3 aromatic rings. The van der Waals surface area contributed by atoms with Crippen molar-refractivity contribution in [3.63, 3.8) is 0 Å². The number of anilines is 2. The highest BCUT2D eigenvalue weighted by molar-refractivity contribution is 6.06. The third-order valence-electron chi connectivity index (χ3n) is 3.88. The van der Waals surface area contributed by atoms with Gasteiger partial charge in [0, 0.05) is 24.5 Å². The van der Waals surface area contributed by atoms with E-state index >= 15 is 0 Å². The van der Waals surface area contributed by atoms with Crippen molar-refractivity contribution in [1.82, 2.24) is 15.3 Å². The zero-order valence-electron chi connectivity index (χ0n) is 11.4. The lowest BCUT2D eigenvalue weighted by atomic mass is 10.1. The van der Waals surface area contributed by atoms with E-state index < -0.39 is 0 Å². The Balaban J connectivity index is 1.92. The molecule has 1 fully saturated rings. The van der Waals surface area contributed by atoms with E-state index in [1.54, 1.807) is 0 Å². The predicted molar refractivity (Wildman–Crippen MR) is 79.1 cm³/mol. The monoisotopic (exact) mass is 287 g/mol. The lowest BCUT2D eigenvalue weighted by Gasteiger charge is -2.39. The van der Waals surface area contributed by atoms with Crippen LogP contribution in [0.15, 0.2) is 28.7 Å². The molecule has 21 heavy (non-hydrogen) atoms. The number of para-hydroxylation sites is 1. The number of nitrogens with one attached hydrogen (secondary N) is 2. The number of aromatic nitrogens is 2. The van der Waals surface area contributed by atoms with Crippen LogP contribution in [0.2, 0.25) is 0 Å². The van der Waals surface area contributed by atoms with E-state index in [-0.39, 0.29) is 5.95 Å². The SMILES string of the molecule is CNC1CN(c2nc(NF)nc3c2oc2ccccc23)C1. The molecule has 6 nitrogen and oxygen atoms in total. The molecule has 2 aromatic heterocycles. The molecule has 0 unspecified atom stereocenters. The van der Waals surface area contributed by atoms with Crippen molar-refractivity contribution in [2.24, 2.45) is 0 Å². The first-order valence-corrected chi connectivity index (χ1v) is 6.78. The van der Waals surface area contributed by atoms with E-state index in [0.29, 0.717) is 23.0 Å². The number of benzene rings is 1. The Morgan fingerprint density at radius 2 is 2.10 bits per heavy atom. The summed E-state index contributed by atoms with van der Waals surface area (Å²) >= 11 is 0. The molecule has 7 heteroatoms. The molecule has 1 aliphatic heterocycles. The Labute approximate surface area is 119 Å². The fourth-order valence-electron chi connectivity index (χ4n) is 2.67. The first kappa shape index (κ1) is 12.3. The third-order valence-corrected chi connectivity index (χ3v) is 3.88. The highest BCUT2D eigenvalue weighted by Crippen LogP contribution is 2.35. The fourth-order valence-corrected chi connectivity index (χ4v) is 2.67. The second-order valence-corrected chi connectivity index (χ2v) is 5.13. The number of hydrogen-bond donors (Lipinski definition) is 2. The quantitative estimate of drug-likeness (QED) is 0.719. The van der Waals surface area contributed by atoms with Crippen LogP contribution in [0.25, 0.3) is 22.1 Å². The van der Waals surface area contributed by atoms with Crippen LogP contribution >= 0.6 is 0 Å². The topological polar surface area (TPSA) is 66.2 Å². The average molecular weight is 287 g/mol. The van der Waals surface area contributed by atoms with Crippen molar-refractivity contribution >= 4 is 33.8 Å². The summed E-state index contributed by atoms with van der Waals surface area (Å²) in [5.74, 6) is 0.583. The smallest absolute Gasteiger partial charge is 0.254 e. The Bertz CT molecular complexity index is 812. The van der Waals surface area contributed by atoms with E-state index in [4.69, 9.17) is 4.42 Å². The summed E-state index contributed by atoms with van der Waals surface area (Å²) < 4.78 is 18.7. The zero-order chi connectivity index (χ0) is 14.4. The van der Waals surface area contributed by atoms with E-state index in [2.05, 4.69) is 20.2 Å². The van der Waals surface area contributed by atoms with Gasteiger partial charge in [-0.05, 0) is 19.2 Å². The minimum Gasteiger partial charge on any atom is -0.450 e. The van der Waals surface area contributed by atoms with Gasteiger partial charge in [-0.1, -0.05) is 12.1 Å². The van der Waals surface area contributed by atoms with Crippen LogP contribution < -0.4 is 15.8 Å². The summed E-state index contributed by atoms with van der Waals surface area (Å²) in [4.78, 5) is 10.5. The highest BCUT2D eigenvalue weighted by Gasteiger charge is 2.30. The molecule has 0 amide bonds. The van der Waals surface area contributed by atoms with Crippen molar-refractivity contribution in [2.45, 2.75) is 6.04 Å². The van der Waals surface area contributed by atoms with Gasteiger partial charge in [0.15, 0.2) is 11.4 Å². The Kier molecular flexibility index (Phi) is 2.68. The number of hydrogen-bond acceptors (Lipinski definition) is 6. The van der Waals surface area contributed by atoms with Crippen LogP contribution in [-0.2, 0) is 0 Å². The maximum Gasteiger partial charge on any atom is 0.254 e. The number of halogens is 1. The lowest BCUT2D eigenvalue weighted by molar-refractivity contribution is 0.446. The van der Waals surface area contributed by atoms with Crippen LogP contribution in [0.4, 0.5) is 16.2 Å². The molecule has 1 aliphatic rings. The first-order chi connectivity index (χ1) is 10.3. The van der Waals surface area contributed by atoms with Gasteiger partial charge >= 0.3 is 0 Å². The second kappa shape index (κ2) is 4.56. The number of nitrogens with zero attached hydrogens (tertiary/aromatic N) is 3. The highest BCUT2D eigenvalue weighted by atomic mass is 19.2. The van der Waals surface area contributed by atoms with Crippen molar-refractivity contribution in [3.8, 4) is 0 Å². The minimum atomic E-state index is -0.0445. The Morgan fingerprint density at radius 1 is 1.29 bits per heavy atom. The Morgan fingerprint density at radius 3 is 2.86 bits per heavy atom. The van der Waals surface area contributed by atoms with E-state index in [1.807, 2.05) is 31.3 Å². The van der Waals surface area contributed by atoms with E-state index in [9.17, 15) is 4.48 Å². The number of likely N-dealkylation sites (N-methyl/N-ethyl adjacent to an activating group) is 1. The van der Waals surface area contributed by atoms with Gasteiger partial charge < -0.3 is 14.6 Å². The normalized spacial score (nSPS) is 15.6. The van der Waals surface area contributed by atoms with Crippen LogP contribution in [0, 0.1) is 0 Å². The fraction of sp³-hybridized carbons (Fsp3) is 0.286. The molecule has 0 atom stereocenters. The van der Waals surface area contributed by atoms with Gasteiger partial charge in [0.05, 0.1) is 0 Å². The van der Waals surface area contributed by atoms with Crippen molar-refractivity contribution in [2.75, 3.05) is 30.6 Å². The van der Waals surface area contributed by atoms with Crippen molar-refractivity contribution in [3.05, 3.63) is 24.3 Å². The first-order valence-electron chi connectivity index (χ1n) is 6.78. The standard InChI is InChI=1S/C14H14FN5O/c1-16-8-6-20(7-8)13-12-11(17-14(18-13)19-15)9-4-2-3-5-10(9)21-12/h2-5,8,16H,6-7H2,1H3,(H,17,18,19). The molecule has 108 valence electrons. The molecule has 2 N–H and O–H groups in total. The van der Waals surface area contributed by atoms with E-state index in [1.165, 1.54) is 5.54 Å². The molecule has 3 heterocycles. The van der Waals surface area contributed by atoms with Gasteiger partial charge in [0.25, 0.3) is 5.95 Å². The molecule has 0 saturated carbocycles. The molecular weight excluding hydrogens is 273 g/mol. The summed E-state index contributed by atoms with van der Waals surface area (Å²) in [6.07, 6.45) is 0. The van der Waals surface area contributed by atoms with Crippen LogP contribution in [-0.4, -0.2) is 36.1 Å². The molecule has 0 bridgehead atoms.